The van der Waals surface area contributed by atoms with Gasteiger partial charge in [-0.25, -0.2) is 9.59 Å². The zero-order chi connectivity index (χ0) is 35.8. The van der Waals surface area contributed by atoms with Gasteiger partial charge in [0.1, 0.15) is 41.1 Å². The minimum atomic E-state index is -0.957. The zero-order valence-corrected chi connectivity index (χ0v) is 29.0. The summed E-state index contributed by atoms with van der Waals surface area (Å²) in [6.07, 6.45) is 2.36. The molecular formula is C38H46N4O7. The lowest BCUT2D eigenvalue weighted by molar-refractivity contribution is -0.156. The minimum Gasteiger partial charge on any atom is -0.489 e. The number of nitrogens with one attached hydrogen (secondary N) is 2. The predicted octanol–water partition coefficient (Wildman–Crippen LogP) is 6.84. The summed E-state index contributed by atoms with van der Waals surface area (Å²) in [4.78, 5) is 38.3. The van der Waals surface area contributed by atoms with Gasteiger partial charge in [-0.3, -0.25) is 4.79 Å². The molecule has 3 aromatic rings. The van der Waals surface area contributed by atoms with E-state index in [0.29, 0.717) is 59.6 Å². The molecule has 11 heteroatoms. The summed E-state index contributed by atoms with van der Waals surface area (Å²) in [7, 11) is 0. The summed E-state index contributed by atoms with van der Waals surface area (Å²) in [5.74, 6) is 0.439. The summed E-state index contributed by atoms with van der Waals surface area (Å²) in [5, 5.41) is 15.2. The Morgan fingerprint density at radius 2 is 1.43 bits per heavy atom. The first-order valence-electron chi connectivity index (χ1n) is 16.4. The fourth-order valence-corrected chi connectivity index (χ4v) is 5.25. The zero-order valence-electron chi connectivity index (χ0n) is 29.0. The molecule has 0 aliphatic heterocycles. The molecule has 0 bridgehead atoms. The van der Waals surface area contributed by atoms with Crippen molar-refractivity contribution in [2.75, 3.05) is 0 Å². The first kappa shape index (κ1) is 36.8. The molecule has 0 heterocycles. The number of ether oxygens (including phenoxy) is 4. The molecular weight excluding hydrogens is 624 g/mol. The Morgan fingerprint density at radius 1 is 0.816 bits per heavy atom. The van der Waals surface area contributed by atoms with Crippen molar-refractivity contribution < 1.29 is 33.3 Å². The van der Waals surface area contributed by atoms with E-state index in [-0.39, 0.29) is 24.6 Å². The maximum atomic E-state index is 13.5. The number of carbonyl (C=O) groups excluding carboxylic acids is 3. The number of esters is 1. The number of alkyl carbamates (subject to hydrolysis) is 1. The molecule has 1 unspecified atom stereocenters. The van der Waals surface area contributed by atoms with Gasteiger partial charge in [0.05, 0.1) is 11.6 Å². The highest BCUT2D eigenvalue weighted by Gasteiger charge is 2.27. The van der Waals surface area contributed by atoms with Crippen molar-refractivity contribution in [2.45, 2.75) is 103 Å². The van der Waals surface area contributed by atoms with E-state index in [0.717, 1.165) is 5.56 Å². The Hall–Kier alpha value is -5.08. The van der Waals surface area contributed by atoms with Crippen LogP contribution in [0.5, 0.6) is 17.2 Å². The van der Waals surface area contributed by atoms with Crippen molar-refractivity contribution in [1.29, 1.82) is 5.26 Å². The fourth-order valence-electron chi connectivity index (χ4n) is 5.25. The number of nitrogens with zero attached hydrogens (tertiary/aromatic N) is 1. The normalized spacial score (nSPS) is 16.8. The van der Waals surface area contributed by atoms with Crippen molar-refractivity contribution >= 4 is 18.0 Å². The first-order chi connectivity index (χ1) is 23.1. The number of hydrogen-bond donors (Lipinski definition) is 3. The van der Waals surface area contributed by atoms with Gasteiger partial charge >= 0.3 is 12.1 Å². The van der Waals surface area contributed by atoms with Crippen LogP contribution in [-0.2, 0) is 20.9 Å². The highest BCUT2D eigenvalue weighted by molar-refractivity contribution is 5.95. The number of amides is 2. The van der Waals surface area contributed by atoms with Crippen molar-refractivity contribution in [1.82, 2.24) is 10.6 Å². The molecule has 0 saturated heterocycles. The predicted molar refractivity (Wildman–Crippen MR) is 184 cm³/mol. The Balaban J connectivity index is 1.46. The summed E-state index contributed by atoms with van der Waals surface area (Å²) in [6.45, 7) is 10.9. The van der Waals surface area contributed by atoms with Crippen LogP contribution in [0.4, 0.5) is 4.79 Å². The summed E-state index contributed by atoms with van der Waals surface area (Å²) < 4.78 is 23.0. The maximum absolute atomic E-state index is 13.5. The van der Waals surface area contributed by atoms with Gasteiger partial charge in [-0.1, -0.05) is 24.3 Å². The van der Waals surface area contributed by atoms with Gasteiger partial charge in [0.2, 0.25) is 0 Å². The van der Waals surface area contributed by atoms with Crippen LogP contribution in [0.1, 0.15) is 100 Å². The average Bonchev–Trinajstić information content (AvgIpc) is 3.03. The average molecular weight is 671 g/mol. The van der Waals surface area contributed by atoms with Crippen molar-refractivity contribution in [3.8, 4) is 23.3 Å². The van der Waals surface area contributed by atoms with Crippen molar-refractivity contribution in [3.63, 3.8) is 0 Å². The molecule has 4 N–H and O–H groups in total. The maximum Gasteiger partial charge on any atom is 0.407 e. The lowest BCUT2D eigenvalue weighted by atomic mass is 9.91. The molecule has 0 spiro atoms. The van der Waals surface area contributed by atoms with E-state index in [1.165, 1.54) is 0 Å². The standard InChI is InChI=1S/C38H46N4O7/c1-37(2,3)48-35(44)33(40)26-9-7-8-25(18-26)23-46-31-19-27(20-32(21-31)47-30-16-10-24(22-39)11-17-30)34(43)41-28-12-14-29(15-13-28)42-36(45)49-38(4,5)6/h7-11,16-21,28-29,33H,12-15,23,40H2,1-6H3,(H,41,43)(H,42,45). The fraction of sp³-hybridized carbons (Fsp3) is 0.421. The third-order valence-electron chi connectivity index (χ3n) is 7.52. The number of hydrogen-bond acceptors (Lipinski definition) is 9. The van der Waals surface area contributed by atoms with Crippen LogP contribution in [0.2, 0.25) is 0 Å². The minimum absolute atomic E-state index is 0.0238. The van der Waals surface area contributed by atoms with E-state index in [4.69, 9.17) is 29.9 Å². The Morgan fingerprint density at radius 3 is 2.04 bits per heavy atom. The molecule has 0 radical (unpaired) electrons. The van der Waals surface area contributed by atoms with Gasteiger partial charge in [-0.05, 0) is 115 Å². The van der Waals surface area contributed by atoms with Gasteiger partial charge in [0.15, 0.2) is 0 Å². The Kier molecular flexibility index (Phi) is 11.9. The van der Waals surface area contributed by atoms with Crippen LogP contribution in [0.15, 0.2) is 66.7 Å². The monoisotopic (exact) mass is 670 g/mol. The second-order valence-corrected chi connectivity index (χ2v) is 14.1. The molecule has 1 aliphatic rings. The Labute approximate surface area is 288 Å². The highest BCUT2D eigenvalue weighted by atomic mass is 16.6. The van der Waals surface area contributed by atoms with E-state index in [2.05, 4.69) is 16.7 Å². The molecule has 260 valence electrons. The number of rotatable bonds is 10. The van der Waals surface area contributed by atoms with Crippen molar-refractivity contribution in [3.05, 3.63) is 89.0 Å². The van der Waals surface area contributed by atoms with Gasteiger partial charge in [-0.15, -0.1) is 0 Å². The molecule has 11 nitrogen and oxygen atoms in total. The molecule has 1 atom stereocenters. The van der Waals surface area contributed by atoms with Gasteiger partial charge in [0.25, 0.3) is 5.91 Å². The molecule has 0 aromatic heterocycles. The third-order valence-corrected chi connectivity index (χ3v) is 7.52. The van der Waals surface area contributed by atoms with E-state index in [9.17, 15) is 14.4 Å². The second-order valence-electron chi connectivity index (χ2n) is 14.1. The van der Waals surface area contributed by atoms with Gasteiger partial charge in [0, 0.05) is 23.7 Å². The van der Waals surface area contributed by atoms with E-state index in [1.807, 2.05) is 26.8 Å². The quantitative estimate of drug-likeness (QED) is 0.196. The second kappa shape index (κ2) is 15.9. The number of carbonyl (C=O) groups is 3. The van der Waals surface area contributed by atoms with Crippen molar-refractivity contribution in [2.24, 2.45) is 5.73 Å². The van der Waals surface area contributed by atoms with Crippen LogP contribution >= 0.6 is 0 Å². The van der Waals surface area contributed by atoms with Gasteiger partial charge in [-0.2, -0.15) is 5.26 Å². The first-order valence-corrected chi connectivity index (χ1v) is 16.4. The summed E-state index contributed by atoms with van der Waals surface area (Å²) in [5.41, 5.74) is 7.14. The number of benzene rings is 3. The SMILES string of the molecule is CC(C)(C)OC(=O)NC1CCC(NC(=O)c2cc(OCc3cccc(C(N)C(=O)OC(C)(C)C)c3)cc(Oc3ccc(C#N)cc3)c2)CC1. The van der Waals surface area contributed by atoms with Crippen LogP contribution in [0, 0.1) is 11.3 Å². The molecule has 3 aromatic carbocycles. The lowest BCUT2D eigenvalue weighted by Crippen LogP contribution is -2.45. The summed E-state index contributed by atoms with van der Waals surface area (Å²) >= 11 is 0. The molecule has 1 fully saturated rings. The van der Waals surface area contributed by atoms with Crippen LogP contribution < -0.4 is 25.8 Å². The van der Waals surface area contributed by atoms with Crippen LogP contribution in [0.3, 0.4) is 0 Å². The Bertz CT molecular complexity index is 1660. The molecule has 1 saturated carbocycles. The highest BCUT2D eigenvalue weighted by Crippen LogP contribution is 2.29. The lowest BCUT2D eigenvalue weighted by Gasteiger charge is -2.30. The third kappa shape index (κ3) is 11.8. The van der Waals surface area contributed by atoms with Crippen LogP contribution in [-0.4, -0.2) is 41.3 Å². The van der Waals surface area contributed by atoms with E-state index < -0.39 is 29.3 Å². The van der Waals surface area contributed by atoms with Crippen LogP contribution in [0.25, 0.3) is 0 Å². The largest absolute Gasteiger partial charge is 0.489 e. The smallest absolute Gasteiger partial charge is 0.407 e. The molecule has 1 aliphatic carbocycles. The van der Waals surface area contributed by atoms with Gasteiger partial charge < -0.3 is 35.3 Å². The van der Waals surface area contributed by atoms with E-state index >= 15 is 0 Å². The summed E-state index contributed by atoms with van der Waals surface area (Å²) in [6, 6.07) is 19.8. The molecule has 2 amide bonds. The molecule has 49 heavy (non-hydrogen) atoms. The van der Waals surface area contributed by atoms with E-state index in [1.54, 1.807) is 81.4 Å². The molecule has 4 rings (SSSR count). The number of nitrogens with two attached hydrogens (primary N) is 1. The number of nitriles is 1. The topological polar surface area (TPSA) is 162 Å².